The highest BCUT2D eigenvalue weighted by Crippen LogP contribution is 2.33. The van der Waals surface area contributed by atoms with Gasteiger partial charge in [0.15, 0.2) is 23.1 Å². The second-order valence-corrected chi connectivity index (χ2v) is 5.08. The topological polar surface area (TPSA) is 73.2 Å². The maximum absolute atomic E-state index is 14.0. The quantitative estimate of drug-likeness (QED) is 0.768. The lowest BCUT2D eigenvalue weighted by Crippen LogP contribution is -2.15. The molecule has 0 saturated carbocycles. The van der Waals surface area contributed by atoms with Crippen LogP contribution in [0, 0.1) is 5.82 Å². The Balaban J connectivity index is 1.57. The summed E-state index contributed by atoms with van der Waals surface area (Å²) in [6.45, 7) is 1.01. The molecular formula is C16H14FN5O2. The summed E-state index contributed by atoms with van der Waals surface area (Å²) < 4.78 is 26.6. The van der Waals surface area contributed by atoms with Crippen LogP contribution < -0.4 is 20.2 Å². The predicted molar refractivity (Wildman–Crippen MR) is 86.2 cm³/mol. The van der Waals surface area contributed by atoms with Crippen molar-refractivity contribution in [1.29, 1.82) is 0 Å². The monoisotopic (exact) mass is 327 g/mol. The second-order valence-electron chi connectivity index (χ2n) is 5.08. The van der Waals surface area contributed by atoms with Crippen LogP contribution in [0.25, 0.3) is 0 Å². The molecule has 2 N–H and O–H groups in total. The lowest BCUT2D eigenvalue weighted by molar-refractivity contribution is 0.171. The van der Waals surface area contributed by atoms with Gasteiger partial charge in [-0.15, -0.1) is 0 Å². The number of anilines is 3. The number of benzene rings is 1. The van der Waals surface area contributed by atoms with Crippen LogP contribution in [0.5, 0.6) is 11.5 Å². The van der Waals surface area contributed by atoms with Crippen molar-refractivity contribution in [3.63, 3.8) is 0 Å². The van der Waals surface area contributed by atoms with Gasteiger partial charge in [0.25, 0.3) is 0 Å². The van der Waals surface area contributed by atoms with Crippen LogP contribution in [0.4, 0.5) is 21.8 Å². The molecule has 2 aromatic heterocycles. The number of nitrogens with zero attached hydrogens (tertiary/aromatic N) is 3. The molecule has 0 saturated heterocycles. The van der Waals surface area contributed by atoms with Gasteiger partial charge in [-0.3, -0.25) is 10.1 Å². The first-order chi connectivity index (χ1) is 11.8. The van der Waals surface area contributed by atoms with Crippen molar-refractivity contribution in [3.05, 3.63) is 54.7 Å². The first-order valence-corrected chi connectivity index (χ1v) is 7.37. The van der Waals surface area contributed by atoms with Crippen molar-refractivity contribution in [3.8, 4) is 11.5 Å². The van der Waals surface area contributed by atoms with Gasteiger partial charge in [0.1, 0.15) is 13.2 Å². The maximum atomic E-state index is 14.0. The Morgan fingerprint density at radius 2 is 1.88 bits per heavy atom. The summed E-state index contributed by atoms with van der Waals surface area (Å²) in [6.07, 6.45) is 4.69. The molecule has 24 heavy (non-hydrogen) atoms. The first kappa shape index (κ1) is 14.3. The Labute approximate surface area is 137 Å². The number of rotatable bonds is 4. The minimum absolute atomic E-state index is 0.0660. The standard InChI is InChI=1S/C16H14FN5O2/c17-12-10-18-16(21-22-5-1-2-6-22)20-15(12)19-11-3-4-13-14(9-11)24-8-7-23-13/h1-6,9-10H,7-8H2,(H2,18,19,20,21). The third-order valence-corrected chi connectivity index (χ3v) is 3.38. The van der Waals surface area contributed by atoms with Crippen molar-refractivity contribution in [1.82, 2.24) is 14.6 Å². The Bertz CT molecular complexity index is 854. The molecule has 0 unspecified atom stereocenters. The maximum Gasteiger partial charge on any atom is 0.244 e. The fourth-order valence-electron chi connectivity index (χ4n) is 2.29. The van der Waals surface area contributed by atoms with Gasteiger partial charge in [0.05, 0.1) is 6.20 Å². The molecule has 0 radical (unpaired) electrons. The number of hydrogen-bond acceptors (Lipinski definition) is 6. The van der Waals surface area contributed by atoms with E-state index in [1.165, 1.54) is 0 Å². The molecule has 8 heteroatoms. The van der Waals surface area contributed by atoms with Gasteiger partial charge < -0.3 is 14.8 Å². The summed E-state index contributed by atoms with van der Waals surface area (Å²) in [7, 11) is 0. The Hall–Kier alpha value is -3.29. The zero-order valence-corrected chi connectivity index (χ0v) is 12.6. The molecule has 0 fully saturated rings. The molecule has 1 aliphatic heterocycles. The van der Waals surface area contributed by atoms with Crippen LogP contribution in [0.15, 0.2) is 48.9 Å². The minimum Gasteiger partial charge on any atom is -0.486 e. The molecule has 3 aromatic rings. The number of nitrogens with one attached hydrogen (secondary N) is 2. The van der Waals surface area contributed by atoms with Gasteiger partial charge in [0, 0.05) is 24.1 Å². The van der Waals surface area contributed by atoms with Crippen LogP contribution in [0.1, 0.15) is 0 Å². The van der Waals surface area contributed by atoms with Crippen LogP contribution >= 0.6 is 0 Å². The van der Waals surface area contributed by atoms with Gasteiger partial charge in [0.2, 0.25) is 5.95 Å². The van der Waals surface area contributed by atoms with Crippen LogP contribution in [-0.2, 0) is 0 Å². The number of hydrogen-bond donors (Lipinski definition) is 2. The highest BCUT2D eigenvalue weighted by atomic mass is 19.1. The number of ether oxygens (including phenoxy) is 2. The van der Waals surface area contributed by atoms with E-state index < -0.39 is 5.82 Å². The van der Waals surface area contributed by atoms with E-state index in [0.717, 1.165) is 6.20 Å². The lowest BCUT2D eigenvalue weighted by atomic mass is 10.2. The summed E-state index contributed by atoms with van der Waals surface area (Å²) in [6, 6.07) is 8.99. The van der Waals surface area contributed by atoms with Crippen molar-refractivity contribution in [2.24, 2.45) is 0 Å². The lowest BCUT2D eigenvalue weighted by Gasteiger charge is -2.19. The van der Waals surface area contributed by atoms with E-state index >= 15 is 0 Å². The van der Waals surface area contributed by atoms with Gasteiger partial charge in [-0.05, 0) is 24.3 Å². The van der Waals surface area contributed by atoms with E-state index in [0.29, 0.717) is 30.4 Å². The van der Waals surface area contributed by atoms with E-state index in [1.807, 2.05) is 12.1 Å². The normalized spacial score (nSPS) is 12.7. The third-order valence-electron chi connectivity index (χ3n) is 3.38. The van der Waals surface area contributed by atoms with E-state index in [1.54, 1.807) is 35.3 Å². The van der Waals surface area contributed by atoms with Gasteiger partial charge in [-0.2, -0.15) is 4.98 Å². The van der Waals surface area contributed by atoms with Gasteiger partial charge >= 0.3 is 0 Å². The largest absolute Gasteiger partial charge is 0.486 e. The zero-order valence-electron chi connectivity index (χ0n) is 12.6. The minimum atomic E-state index is -0.553. The van der Waals surface area contributed by atoms with E-state index in [-0.39, 0.29) is 11.8 Å². The summed E-state index contributed by atoms with van der Waals surface area (Å²) in [5, 5.41) is 2.93. The Morgan fingerprint density at radius 3 is 2.71 bits per heavy atom. The van der Waals surface area contributed by atoms with Crippen molar-refractivity contribution in [2.75, 3.05) is 24.0 Å². The molecule has 1 aliphatic rings. The average Bonchev–Trinajstić information content (AvgIpc) is 3.11. The summed E-state index contributed by atoms with van der Waals surface area (Å²) >= 11 is 0. The Kier molecular flexibility index (Phi) is 3.62. The van der Waals surface area contributed by atoms with Gasteiger partial charge in [-0.25, -0.2) is 9.37 Å². The molecule has 1 aromatic carbocycles. The SMILES string of the molecule is Fc1cnc(Nn2cccc2)nc1Nc1ccc2c(c1)OCCO2. The molecule has 0 aliphatic carbocycles. The van der Waals surface area contributed by atoms with Gasteiger partial charge in [-0.1, -0.05) is 0 Å². The molecular weight excluding hydrogens is 313 g/mol. The molecule has 0 bridgehead atoms. The predicted octanol–water partition coefficient (Wildman–Crippen LogP) is 2.81. The molecule has 0 spiro atoms. The van der Waals surface area contributed by atoms with Crippen LogP contribution in [0.3, 0.4) is 0 Å². The number of halogens is 1. The average molecular weight is 327 g/mol. The molecule has 7 nitrogen and oxygen atoms in total. The Morgan fingerprint density at radius 1 is 1.08 bits per heavy atom. The highest BCUT2D eigenvalue weighted by molar-refractivity contribution is 5.62. The van der Waals surface area contributed by atoms with Crippen LogP contribution in [0.2, 0.25) is 0 Å². The van der Waals surface area contributed by atoms with Crippen molar-refractivity contribution >= 4 is 17.5 Å². The number of aromatic nitrogens is 3. The summed E-state index contributed by atoms with van der Waals surface area (Å²) in [5.74, 6) is 1.07. The smallest absolute Gasteiger partial charge is 0.244 e. The molecule has 3 heterocycles. The van der Waals surface area contributed by atoms with E-state index in [4.69, 9.17) is 9.47 Å². The second kappa shape index (κ2) is 6.07. The zero-order chi connectivity index (χ0) is 16.4. The molecule has 0 amide bonds. The van der Waals surface area contributed by atoms with Crippen molar-refractivity contribution < 1.29 is 13.9 Å². The fraction of sp³-hybridized carbons (Fsp3) is 0.125. The number of fused-ring (bicyclic) bond motifs is 1. The third kappa shape index (κ3) is 2.94. The molecule has 122 valence electrons. The highest BCUT2D eigenvalue weighted by Gasteiger charge is 2.13. The van der Waals surface area contributed by atoms with Crippen LogP contribution in [-0.4, -0.2) is 27.9 Å². The molecule has 0 atom stereocenters. The fourth-order valence-corrected chi connectivity index (χ4v) is 2.29. The van der Waals surface area contributed by atoms with E-state index in [2.05, 4.69) is 20.7 Å². The molecule has 4 rings (SSSR count). The summed E-state index contributed by atoms with van der Waals surface area (Å²) in [4.78, 5) is 8.08. The summed E-state index contributed by atoms with van der Waals surface area (Å²) in [5.41, 5.74) is 3.57. The first-order valence-electron chi connectivity index (χ1n) is 7.37. The van der Waals surface area contributed by atoms with E-state index in [9.17, 15) is 4.39 Å². The van der Waals surface area contributed by atoms with Crippen molar-refractivity contribution in [2.45, 2.75) is 0 Å².